The molecule has 0 unspecified atom stereocenters. The first-order valence-electron chi connectivity index (χ1n) is 5.70. The standard InChI is InChI=1S/C12H13Cl2N3/c13-7-4-9-10(5-8(7)14)17-11(16-9)12(6-15)2-1-3-12/h4-5H,1-3,6,15H2,(H,16,17). The summed E-state index contributed by atoms with van der Waals surface area (Å²) < 4.78 is 0. The molecule has 17 heavy (non-hydrogen) atoms. The highest BCUT2D eigenvalue weighted by molar-refractivity contribution is 6.42. The van der Waals surface area contributed by atoms with Crippen LogP contribution in [-0.2, 0) is 5.41 Å². The van der Waals surface area contributed by atoms with Crippen LogP contribution in [-0.4, -0.2) is 16.5 Å². The quantitative estimate of drug-likeness (QED) is 0.880. The zero-order chi connectivity index (χ0) is 12.0. The third kappa shape index (κ3) is 1.65. The number of halogens is 2. The Bertz CT molecular complexity index is 528. The smallest absolute Gasteiger partial charge is 0.114 e. The van der Waals surface area contributed by atoms with Crippen LogP contribution in [0.1, 0.15) is 25.1 Å². The lowest BCUT2D eigenvalue weighted by molar-refractivity contribution is 0.240. The van der Waals surface area contributed by atoms with E-state index in [-0.39, 0.29) is 5.41 Å². The lowest BCUT2D eigenvalue weighted by Gasteiger charge is -2.38. The lowest BCUT2D eigenvalue weighted by Crippen LogP contribution is -2.42. The van der Waals surface area contributed by atoms with Gasteiger partial charge in [0.1, 0.15) is 5.82 Å². The molecule has 0 saturated heterocycles. The first-order chi connectivity index (χ1) is 8.14. The minimum atomic E-state index is 0.0397. The average Bonchev–Trinajstić information content (AvgIpc) is 2.61. The Kier molecular flexibility index (Phi) is 2.58. The summed E-state index contributed by atoms with van der Waals surface area (Å²) in [6.07, 6.45) is 3.42. The monoisotopic (exact) mass is 269 g/mol. The molecule has 1 aliphatic rings. The van der Waals surface area contributed by atoms with Crippen molar-refractivity contribution in [1.82, 2.24) is 9.97 Å². The van der Waals surface area contributed by atoms with E-state index in [0.29, 0.717) is 16.6 Å². The summed E-state index contributed by atoms with van der Waals surface area (Å²) in [5.74, 6) is 0.972. The third-order valence-electron chi connectivity index (χ3n) is 3.73. The van der Waals surface area contributed by atoms with Gasteiger partial charge in [-0.15, -0.1) is 0 Å². The first-order valence-corrected chi connectivity index (χ1v) is 6.45. The molecule has 0 aliphatic heterocycles. The fourth-order valence-corrected chi connectivity index (χ4v) is 2.72. The second-order valence-corrected chi connectivity index (χ2v) is 5.52. The molecule has 0 spiro atoms. The zero-order valence-electron chi connectivity index (χ0n) is 9.26. The lowest BCUT2D eigenvalue weighted by atomic mass is 9.68. The number of aromatic amines is 1. The van der Waals surface area contributed by atoms with Crippen LogP contribution >= 0.6 is 23.2 Å². The maximum absolute atomic E-state index is 5.99. The molecule has 3 rings (SSSR count). The molecular weight excluding hydrogens is 257 g/mol. The summed E-state index contributed by atoms with van der Waals surface area (Å²) in [5.41, 5.74) is 7.69. The molecule has 0 atom stereocenters. The van der Waals surface area contributed by atoms with Gasteiger partial charge in [0.15, 0.2) is 0 Å². The van der Waals surface area contributed by atoms with Crippen LogP contribution in [0, 0.1) is 0 Å². The van der Waals surface area contributed by atoms with Crippen LogP contribution in [0.2, 0.25) is 10.0 Å². The second-order valence-electron chi connectivity index (χ2n) is 4.71. The summed E-state index contributed by atoms with van der Waals surface area (Å²) in [5, 5.41) is 1.08. The maximum atomic E-state index is 5.99. The highest BCUT2D eigenvalue weighted by Gasteiger charge is 2.40. The Morgan fingerprint density at radius 1 is 1.29 bits per heavy atom. The van der Waals surface area contributed by atoms with Crippen LogP contribution in [0.4, 0.5) is 0 Å². The van der Waals surface area contributed by atoms with E-state index in [1.165, 1.54) is 6.42 Å². The summed E-state index contributed by atoms with van der Waals surface area (Å²) >= 11 is 12.0. The highest BCUT2D eigenvalue weighted by atomic mass is 35.5. The van der Waals surface area contributed by atoms with E-state index in [4.69, 9.17) is 28.9 Å². The molecule has 1 fully saturated rings. The molecule has 5 heteroatoms. The molecule has 1 aliphatic carbocycles. The highest BCUT2D eigenvalue weighted by Crippen LogP contribution is 2.42. The van der Waals surface area contributed by atoms with Gasteiger partial charge in [0.25, 0.3) is 0 Å². The largest absolute Gasteiger partial charge is 0.341 e. The van der Waals surface area contributed by atoms with Crippen molar-refractivity contribution in [2.75, 3.05) is 6.54 Å². The average molecular weight is 270 g/mol. The summed E-state index contributed by atoms with van der Waals surface area (Å²) in [7, 11) is 0. The SMILES string of the molecule is NCC1(c2nc3cc(Cl)c(Cl)cc3[nH]2)CCC1. The summed E-state index contributed by atoms with van der Waals surface area (Å²) in [6, 6.07) is 3.61. The van der Waals surface area contributed by atoms with Gasteiger partial charge < -0.3 is 10.7 Å². The van der Waals surface area contributed by atoms with Crippen molar-refractivity contribution in [1.29, 1.82) is 0 Å². The van der Waals surface area contributed by atoms with Gasteiger partial charge in [0.2, 0.25) is 0 Å². The van der Waals surface area contributed by atoms with E-state index in [2.05, 4.69) is 9.97 Å². The maximum Gasteiger partial charge on any atom is 0.114 e. The number of fused-ring (bicyclic) bond motifs is 1. The number of nitrogens with one attached hydrogen (secondary N) is 1. The first kappa shape index (κ1) is 11.3. The van der Waals surface area contributed by atoms with Gasteiger partial charge in [0, 0.05) is 12.0 Å². The molecule has 90 valence electrons. The van der Waals surface area contributed by atoms with E-state index in [0.717, 1.165) is 29.7 Å². The van der Waals surface area contributed by atoms with E-state index >= 15 is 0 Å². The van der Waals surface area contributed by atoms with Crippen molar-refractivity contribution in [3.05, 3.63) is 28.0 Å². The van der Waals surface area contributed by atoms with Crippen LogP contribution in [0.5, 0.6) is 0 Å². The molecule has 1 aromatic heterocycles. The van der Waals surface area contributed by atoms with Gasteiger partial charge in [-0.2, -0.15) is 0 Å². The Hall–Kier alpha value is -0.770. The van der Waals surface area contributed by atoms with Crippen molar-refractivity contribution >= 4 is 34.2 Å². The van der Waals surface area contributed by atoms with Gasteiger partial charge in [-0.1, -0.05) is 29.6 Å². The van der Waals surface area contributed by atoms with Crippen molar-refractivity contribution in [2.24, 2.45) is 5.73 Å². The van der Waals surface area contributed by atoms with E-state index in [1.807, 2.05) is 6.07 Å². The van der Waals surface area contributed by atoms with E-state index < -0.39 is 0 Å². The number of nitrogens with two attached hydrogens (primary N) is 1. The van der Waals surface area contributed by atoms with Crippen LogP contribution in [0.25, 0.3) is 11.0 Å². The molecule has 2 aromatic rings. The van der Waals surface area contributed by atoms with Gasteiger partial charge >= 0.3 is 0 Å². The van der Waals surface area contributed by atoms with Gasteiger partial charge in [-0.3, -0.25) is 0 Å². The molecule has 0 bridgehead atoms. The number of aromatic nitrogens is 2. The number of imidazole rings is 1. The van der Waals surface area contributed by atoms with Crippen molar-refractivity contribution in [3.63, 3.8) is 0 Å². The molecule has 0 radical (unpaired) electrons. The molecule has 0 amide bonds. The van der Waals surface area contributed by atoms with Crippen molar-refractivity contribution in [3.8, 4) is 0 Å². The zero-order valence-corrected chi connectivity index (χ0v) is 10.8. The van der Waals surface area contributed by atoms with Crippen molar-refractivity contribution < 1.29 is 0 Å². The fourth-order valence-electron chi connectivity index (χ4n) is 2.40. The van der Waals surface area contributed by atoms with E-state index in [9.17, 15) is 0 Å². The van der Waals surface area contributed by atoms with Crippen LogP contribution < -0.4 is 5.73 Å². The second kappa shape index (κ2) is 3.87. The topological polar surface area (TPSA) is 54.7 Å². The van der Waals surface area contributed by atoms with E-state index in [1.54, 1.807) is 6.07 Å². The minimum Gasteiger partial charge on any atom is -0.341 e. The summed E-state index contributed by atoms with van der Waals surface area (Å²) in [4.78, 5) is 7.92. The number of rotatable bonds is 2. The predicted octanol–water partition coefficient (Wildman–Crippen LogP) is 3.25. The normalized spacial score (nSPS) is 18.3. The Morgan fingerprint density at radius 3 is 2.59 bits per heavy atom. The number of H-pyrrole nitrogens is 1. The number of nitrogens with zero attached hydrogens (tertiary/aromatic N) is 1. The molecule has 3 N–H and O–H groups in total. The Labute approximate surface area is 109 Å². The third-order valence-corrected chi connectivity index (χ3v) is 4.45. The van der Waals surface area contributed by atoms with Crippen LogP contribution in [0.3, 0.4) is 0 Å². The number of hydrogen-bond acceptors (Lipinski definition) is 2. The minimum absolute atomic E-state index is 0.0397. The Balaban J connectivity index is 2.13. The molecule has 1 heterocycles. The predicted molar refractivity (Wildman–Crippen MR) is 70.7 cm³/mol. The molecule has 1 aromatic carbocycles. The molecule has 1 saturated carbocycles. The fraction of sp³-hybridized carbons (Fsp3) is 0.417. The number of hydrogen-bond donors (Lipinski definition) is 2. The van der Waals surface area contributed by atoms with Crippen molar-refractivity contribution in [2.45, 2.75) is 24.7 Å². The van der Waals surface area contributed by atoms with Gasteiger partial charge in [0.05, 0.1) is 21.1 Å². The number of benzene rings is 1. The Morgan fingerprint density at radius 2 is 2.00 bits per heavy atom. The van der Waals surface area contributed by atoms with Gasteiger partial charge in [-0.25, -0.2) is 4.98 Å². The van der Waals surface area contributed by atoms with Crippen LogP contribution in [0.15, 0.2) is 12.1 Å². The molecular formula is C12H13Cl2N3. The molecule has 3 nitrogen and oxygen atoms in total. The van der Waals surface area contributed by atoms with Gasteiger partial charge in [-0.05, 0) is 25.0 Å². The summed E-state index contributed by atoms with van der Waals surface area (Å²) in [6.45, 7) is 0.633.